The second-order valence-corrected chi connectivity index (χ2v) is 3.73. The maximum absolute atomic E-state index is 10.2. The molecule has 1 unspecified atom stereocenters. The van der Waals surface area contributed by atoms with Gasteiger partial charge in [-0.25, -0.2) is 4.79 Å². The van der Waals surface area contributed by atoms with Crippen molar-refractivity contribution in [2.75, 3.05) is 40.1 Å². The molecule has 0 radical (unpaired) electrons. The number of methoxy groups -OCH3 is 1. The molecule has 108 valence electrons. The first-order valence-corrected chi connectivity index (χ1v) is 6.24. The first kappa shape index (κ1) is 17.2. The highest BCUT2D eigenvalue weighted by Gasteiger charge is 2.09. The fourth-order valence-corrected chi connectivity index (χ4v) is 1.44. The summed E-state index contributed by atoms with van der Waals surface area (Å²) in [5, 5.41) is 8.34. The lowest BCUT2D eigenvalue weighted by Gasteiger charge is -2.17. The fraction of sp³-hybridized carbons (Fsp3) is 0.917. The Balaban J connectivity index is 3.69. The molecule has 18 heavy (non-hydrogen) atoms. The van der Waals surface area contributed by atoms with E-state index in [-0.39, 0.29) is 12.7 Å². The molecular weight excluding hydrogens is 240 g/mol. The lowest BCUT2D eigenvalue weighted by molar-refractivity contribution is -0.00902. The molecule has 0 saturated heterocycles. The van der Waals surface area contributed by atoms with Crippen molar-refractivity contribution in [3.63, 3.8) is 0 Å². The van der Waals surface area contributed by atoms with Crippen molar-refractivity contribution in [2.45, 2.75) is 32.3 Å². The average Bonchev–Trinajstić information content (AvgIpc) is 2.34. The molecule has 0 aromatic carbocycles. The summed E-state index contributed by atoms with van der Waals surface area (Å²) < 4.78 is 20.3. The Kier molecular flexibility index (Phi) is 12.0. The maximum atomic E-state index is 10.2. The molecule has 0 spiro atoms. The van der Waals surface area contributed by atoms with Crippen LogP contribution in [0.25, 0.3) is 0 Å². The topological polar surface area (TPSA) is 74.2 Å². The summed E-state index contributed by atoms with van der Waals surface area (Å²) in [6.45, 7) is 4.57. The Morgan fingerprint density at radius 3 is 2.56 bits per heavy atom. The van der Waals surface area contributed by atoms with Crippen molar-refractivity contribution in [3.8, 4) is 0 Å². The highest BCUT2D eigenvalue weighted by molar-refractivity contribution is 5.56. The van der Waals surface area contributed by atoms with E-state index >= 15 is 0 Å². The van der Waals surface area contributed by atoms with Crippen LogP contribution in [0, 0.1) is 0 Å². The number of carbonyl (C=O) groups is 1. The molecule has 0 bridgehead atoms. The number of hydrogen-bond acceptors (Lipinski definition) is 5. The van der Waals surface area contributed by atoms with E-state index in [1.807, 2.05) is 6.92 Å². The van der Waals surface area contributed by atoms with Crippen LogP contribution < -0.4 is 0 Å². The van der Waals surface area contributed by atoms with Gasteiger partial charge in [-0.3, -0.25) is 0 Å². The quantitative estimate of drug-likeness (QED) is 0.429. The van der Waals surface area contributed by atoms with Crippen LogP contribution in [0.15, 0.2) is 0 Å². The third kappa shape index (κ3) is 11.6. The Bertz CT molecular complexity index is 187. The van der Waals surface area contributed by atoms with E-state index in [9.17, 15) is 4.79 Å². The van der Waals surface area contributed by atoms with Gasteiger partial charge in [0.15, 0.2) is 0 Å². The molecule has 1 N–H and O–H groups in total. The average molecular weight is 264 g/mol. The molecule has 6 nitrogen and oxygen atoms in total. The van der Waals surface area contributed by atoms with Gasteiger partial charge in [-0.1, -0.05) is 0 Å². The zero-order valence-electron chi connectivity index (χ0n) is 11.2. The summed E-state index contributed by atoms with van der Waals surface area (Å²) in [5.41, 5.74) is 0. The van der Waals surface area contributed by atoms with Gasteiger partial charge >= 0.3 is 6.16 Å². The Morgan fingerprint density at radius 2 is 1.94 bits per heavy atom. The van der Waals surface area contributed by atoms with Crippen LogP contribution in [0.4, 0.5) is 4.79 Å². The summed E-state index contributed by atoms with van der Waals surface area (Å²) in [5.74, 6) is 0. The van der Waals surface area contributed by atoms with E-state index in [2.05, 4.69) is 4.74 Å². The second kappa shape index (κ2) is 12.6. The zero-order valence-corrected chi connectivity index (χ0v) is 11.2. The third-order valence-corrected chi connectivity index (χ3v) is 2.33. The van der Waals surface area contributed by atoms with E-state index in [1.165, 1.54) is 0 Å². The summed E-state index contributed by atoms with van der Waals surface area (Å²) in [6.07, 6.45) is 1.02. The molecule has 0 amide bonds. The summed E-state index contributed by atoms with van der Waals surface area (Å²) in [7, 11) is 1.62. The van der Waals surface area contributed by atoms with Crippen LogP contribution in [0.5, 0.6) is 0 Å². The van der Waals surface area contributed by atoms with Gasteiger partial charge in [-0.2, -0.15) is 0 Å². The van der Waals surface area contributed by atoms with Crippen molar-refractivity contribution in [1.82, 2.24) is 0 Å². The van der Waals surface area contributed by atoms with Crippen LogP contribution >= 0.6 is 0 Å². The molecule has 6 heteroatoms. The van der Waals surface area contributed by atoms with Crippen molar-refractivity contribution in [1.29, 1.82) is 0 Å². The molecule has 0 aliphatic carbocycles. The summed E-state index contributed by atoms with van der Waals surface area (Å²) in [6, 6.07) is 0. The molecule has 0 aromatic heterocycles. The van der Waals surface area contributed by atoms with Crippen LogP contribution in [0.2, 0.25) is 0 Å². The van der Waals surface area contributed by atoms with Crippen LogP contribution in [0.3, 0.4) is 0 Å². The van der Waals surface area contributed by atoms with Crippen molar-refractivity contribution in [2.24, 2.45) is 0 Å². The predicted octanol–water partition coefficient (Wildman–Crippen LogP) is 1.92. The number of ether oxygens (including phenoxy) is 4. The molecule has 0 aromatic rings. The van der Waals surface area contributed by atoms with Gasteiger partial charge < -0.3 is 24.1 Å². The van der Waals surface area contributed by atoms with Gasteiger partial charge in [0.2, 0.25) is 0 Å². The molecule has 0 aliphatic rings. The SMILES string of the molecule is CCOCCC(CCCOC(=O)O)OCCOC. The van der Waals surface area contributed by atoms with Gasteiger partial charge in [0.1, 0.15) is 0 Å². The number of hydrogen-bond donors (Lipinski definition) is 1. The minimum atomic E-state index is -1.24. The molecule has 0 fully saturated rings. The van der Waals surface area contributed by atoms with Gasteiger partial charge in [0.25, 0.3) is 0 Å². The largest absolute Gasteiger partial charge is 0.505 e. The minimum absolute atomic E-state index is 0.0593. The Hall–Kier alpha value is -0.850. The van der Waals surface area contributed by atoms with E-state index in [0.29, 0.717) is 32.8 Å². The highest BCUT2D eigenvalue weighted by atomic mass is 16.7. The highest BCUT2D eigenvalue weighted by Crippen LogP contribution is 2.08. The van der Waals surface area contributed by atoms with Gasteiger partial charge in [0, 0.05) is 20.3 Å². The normalized spacial score (nSPS) is 12.3. The number of rotatable bonds is 12. The minimum Gasteiger partial charge on any atom is -0.450 e. The number of carboxylic acid groups (broad SMARTS) is 1. The lowest BCUT2D eigenvalue weighted by Crippen LogP contribution is -2.19. The van der Waals surface area contributed by atoms with Crippen LogP contribution in [-0.2, 0) is 18.9 Å². The van der Waals surface area contributed by atoms with Crippen LogP contribution in [-0.4, -0.2) is 57.5 Å². The molecule has 0 aliphatic heterocycles. The first-order valence-electron chi connectivity index (χ1n) is 6.24. The molecule has 0 rings (SSSR count). The third-order valence-electron chi connectivity index (χ3n) is 2.33. The van der Waals surface area contributed by atoms with E-state index in [0.717, 1.165) is 12.8 Å². The van der Waals surface area contributed by atoms with Gasteiger partial charge in [0.05, 0.1) is 25.9 Å². The predicted molar refractivity (Wildman–Crippen MR) is 65.9 cm³/mol. The molecule has 0 saturated carbocycles. The van der Waals surface area contributed by atoms with E-state index < -0.39 is 6.16 Å². The zero-order chi connectivity index (χ0) is 13.6. The molecule has 1 atom stereocenters. The fourth-order valence-electron chi connectivity index (χ4n) is 1.44. The van der Waals surface area contributed by atoms with E-state index in [1.54, 1.807) is 7.11 Å². The molecular formula is C12H24O6. The van der Waals surface area contributed by atoms with Crippen molar-refractivity contribution < 1.29 is 28.8 Å². The Morgan fingerprint density at radius 1 is 1.17 bits per heavy atom. The lowest BCUT2D eigenvalue weighted by atomic mass is 10.1. The van der Waals surface area contributed by atoms with Crippen molar-refractivity contribution in [3.05, 3.63) is 0 Å². The second-order valence-electron chi connectivity index (χ2n) is 3.73. The standard InChI is InChI=1S/C12H24O6/c1-3-16-8-6-11(17-10-9-15-2)5-4-7-18-12(13)14/h11H,3-10H2,1-2H3,(H,13,14). The molecule has 0 heterocycles. The summed E-state index contributed by atoms with van der Waals surface area (Å²) >= 11 is 0. The smallest absolute Gasteiger partial charge is 0.450 e. The first-order chi connectivity index (χ1) is 8.70. The van der Waals surface area contributed by atoms with Crippen molar-refractivity contribution >= 4 is 6.16 Å². The Labute approximate surface area is 108 Å². The van der Waals surface area contributed by atoms with Gasteiger partial charge in [-0.15, -0.1) is 0 Å². The van der Waals surface area contributed by atoms with Gasteiger partial charge in [-0.05, 0) is 26.2 Å². The van der Waals surface area contributed by atoms with E-state index in [4.69, 9.17) is 19.3 Å². The maximum Gasteiger partial charge on any atom is 0.505 e. The summed E-state index contributed by atoms with van der Waals surface area (Å²) in [4.78, 5) is 10.2. The van der Waals surface area contributed by atoms with Crippen LogP contribution in [0.1, 0.15) is 26.2 Å². The monoisotopic (exact) mass is 264 g/mol.